The van der Waals surface area contributed by atoms with E-state index in [0.29, 0.717) is 5.56 Å². The van der Waals surface area contributed by atoms with Gasteiger partial charge in [0.25, 0.3) is 11.8 Å². The van der Waals surface area contributed by atoms with Crippen LogP contribution >= 0.6 is 0 Å². The summed E-state index contributed by atoms with van der Waals surface area (Å²) >= 11 is 0. The summed E-state index contributed by atoms with van der Waals surface area (Å²) < 4.78 is 82.7. The number of hydrogen-bond donors (Lipinski definition) is 3. The lowest BCUT2D eigenvalue weighted by Crippen LogP contribution is -2.47. The number of aromatic nitrogens is 1. The van der Waals surface area contributed by atoms with Gasteiger partial charge in [-0.25, -0.2) is 4.39 Å². The summed E-state index contributed by atoms with van der Waals surface area (Å²) in [4.78, 5) is 28.8. The van der Waals surface area contributed by atoms with Gasteiger partial charge in [0.1, 0.15) is 17.9 Å². The summed E-state index contributed by atoms with van der Waals surface area (Å²) in [5.74, 6) is -8.13. The van der Waals surface area contributed by atoms with Crippen LogP contribution in [0.5, 0.6) is 5.75 Å². The molecule has 1 aliphatic heterocycles. The third kappa shape index (κ3) is 4.80. The first-order chi connectivity index (χ1) is 17.6. The molecular weight excluding hydrogens is 517 g/mol. The Hall–Kier alpha value is -3.32. The van der Waals surface area contributed by atoms with E-state index < -0.39 is 71.1 Å². The number of carbonyl (C=O) groups excluding carboxylic acids is 2. The number of aliphatic hydroxyl groups excluding tert-OH is 1. The van der Waals surface area contributed by atoms with Crippen molar-refractivity contribution in [2.24, 2.45) is 11.7 Å². The molecule has 0 spiro atoms. The number of ether oxygens (including phenoxy) is 2. The number of hydrogen-bond acceptors (Lipinski definition) is 6. The molecule has 0 radical (unpaired) electrons. The number of nitrogens with two attached hydrogens (primary N) is 1. The summed E-state index contributed by atoms with van der Waals surface area (Å²) in [6.07, 6.45) is -6.64. The third-order valence-electron chi connectivity index (χ3n) is 7.33. The van der Waals surface area contributed by atoms with Gasteiger partial charge in [-0.05, 0) is 31.5 Å². The van der Waals surface area contributed by atoms with Crippen LogP contribution < -0.4 is 15.8 Å². The molecule has 2 heterocycles. The third-order valence-corrected chi connectivity index (χ3v) is 7.33. The quantitative estimate of drug-likeness (QED) is 0.477. The Morgan fingerprint density at radius 3 is 2.50 bits per heavy atom. The molecule has 1 aromatic heterocycles. The van der Waals surface area contributed by atoms with Gasteiger partial charge in [-0.15, -0.1) is 0 Å². The van der Waals surface area contributed by atoms with Crippen molar-refractivity contribution in [3.05, 3.63) is 52.9 Å². The average molecular weight is 543 g/mol. The Morgan fingerprint density at radius 2 is 1.92 bits per heavy atom. The molecule has 2 amide bonds. The highest BCUT2D eigenvalue weighted by Crippen LogP contribution is 2.55. The zero-order chi connectivity index (χ0) is 28.2. The number of aryl methyl sites for hydroxylation is 1. The minimum atomic E-state index is -4.93. The second kappa shape index (κ2) is 9.77. The van der Waals surface area contributed by atoms with E-state index in [9.17, 15) is 36.6 Å². The molecule has 0 bridgehead atoms. The van der Waals surface area contributed by atoms with Crippen LogP contribution in [0.4, 0.5) is 27.6 Å². The van der Waals surface area contributed by atoms with Gasteiger partial charge < -0.3 is 25.6 Å². The Bertz CT molecular complexity index is 1270. The largest absolute Gasteiger partial charge is 0.487 e. The minimum Gasteiger partial charge on any atom is -0.487 e. The molecule has 1 saturated carbocycles. The monoisotopic (exact) mass is 543 g/mol. The molecular formula is C25H26F5N3O5. The maximum absolute atomic E-state index is 15.0. The lowest BCUT2D eigenvalue weighted by Gasteiger charge is -2.34. The predicted molar refractivity (Wildman–Crippen MR) is 123 cm³/mol. The highest BCUT2D eigenvalue weighted by atomic mass is 19.4. The van der Waals surface area contributed by atoms with Crippen molar-refractivity contribution in [1.82, 2.24) is 4.98 Å². The van der Waals surface area contributed by atoms with Crippen molar-refractivity contribution in [3.63, 3.8) is 0 Å². The number of amides is 2. The van der Waals surface area contributed by atoms with E-state index in [1.165, 1.54) is 26.1 Å². The van der Waals surface area contributed by atoms with Crippen LogP contribution in [0.3, 0.4) is 0 Å². The van der Waals surface area contributed by atoms with E-state index in [0.717, 1.165) is 19.1 Å². The van der Waals surface area contributed by atoms with Crippen molar-refractivity contribution < 1.29 is 46.1 Å². The Balaban J connectivity index is 1.77. The normalized spacial score (nSPS) is 29.0. The number of alkyl halides is 3. The predicted octanol–water partition coefficient (Wildman–Crippen LogP) is 3.75. The maximum atomic E-state index is 15.0. The van der Waals surface area contributed by atoms with Crippen molar-refractivity contribution in [1.29, 1.82) is 0 Å². The maximum Gasteiger partial charge on any atom is 0.417 e. The van der Waals surface area contributed by atoms with Gasteiger partial charge in [0, 0.05) is 42.1 Å². The van der Waals surface area contributed by atoms with Gasteiger partial charge in [0.2, 0.25) is 5.82 Å². The van der Waals surface area contributed by atoms with E-state index in [1.807, 2.05) is 0 Å². The van der Waals surface area contributed by atoms with Crippen molar-refractivity contribution in [2.75, 3.05) is 5.32 Å². The number of nitrogens with one attached hydrogen (secondary N) is 1. The van der Waals surface area contributed by atoms with Crippen molar-refractivity contribution in [2.45, 2.75) is 69.6 Å². The van der Waals surface area contributed by atoms with E-state index in [4.69, 9.17) is 15.2 Å². The fourth-order valence-corrected chi connectivity index (χ4v) is 4.75. The molecule has 1 saturated heterocycles. The van der Waals surface area contributed by atoms with Gasteiger partial charge in [0.05, 0.1) is 6.10 Å². The van der Waals surface area contributed by atoms with E-state index >= 15 is 0 Å². The topological polar surface area (TPSA) is 124 Å². The van der Waals surface area contributed by atoms with Gasteiger partial charge >= 0.3 is 6.18 Å². The lowest BCUT2D eigenvalue weighted by atomic mass is 9.76. The molecule has 38 heavy (non-hydrogen) atoms. The molecule has 0 unspecified atom stereocenters. The summed E-state index contributed by atoms with van der Waals surface area (Å²) in [6, 6.07) is 2.97. The fourth-order valence-electron chi connectivity index (χ4n) is 4.75. The van der Waals surface area contributed by atoms with E-state index in [1.54, 1.807) is 0 Å². The van der Waals surface area contributed by atoms with Gasteiger partial charge in [-0.1, -0.05) is 13.0 Å². The number of halogens is 5. The van der Waals surface area contributed by atoms with Crippen LogP contribution in [0, 0.1) is 24.5 Å². The number of rotatable bonds is 6. The lowest BCUT2D eigenvalue weighted by molar-refractivity contribution is -0.272. The first-order valence-corrected chi connectivity index (χ1v) is 11.8. The first kappa shape index (κ1) is 27.7. The summed E-state index contributed by atoms with van der Waals surface area (Å²) in [7, 11) is 0. The van der Waals surface area contributed by atoms with Crippen molar-refractivity contribution in [3.8, 4) is 5.75 Å². The SMILES string of the molecule is Cc1cnc(C(N)=O)cc1NC(=O)[C@@H]1O[C@@](C)(C(F)(F)F)[C@@H](C)[C@H]1c1ccc(F)c(F)c1OC1CC(O)C1. The minimum absolute atomic E-state index is 0.0552. The van der Waals surface area contributed by atoms with Gasteiger partial charge in [0.15, 0.2) is 17.2 Å². The first-order valence-electron chi connectivity index (χ1n) is 11.8. The van der Waals surface area contributed by atoms with Gasteiger partial charge in [-0.2, -0.15) is 17.6 Å². The molecule has 13 heteroatoms. The molecule has 4 N–H and O–H groups in total. The number of anilines is 1. The molecule has 8 nitrogen and oxygen atoms in total. The summed E-state index contributed by atoms with van der Waals surface area (Å²) in [5, 5.41) is 12.0. The van der Waals surface area contributed by atoms with Crippen LogP contribution in [-0.4, -0.2) is 52.0 Å². The standard InChI is InChI=1S/C25H26F5N3O5/c1-10-9-32-17(22(31)35)8-16(10)33-23(36)21-18(11(2)24(3,38-21)25(28,29)30)14-4-5-15(26)19(27)20(14)37-13-6-12(34)7-13/h4-5,8-9,11-13,18,21,34H,6-7H2,1-3H3,(H2,31,35)(H,32,33,36)/t11-,12?,13?,18-,21+,24+/m0/s1. The second-order valence-electron chi connectivity index (χ2n) is 9.84. The van der Waals surface area contributed by atoms with Crippen LogP contribution in [-0.2, 0) is 9.53 Å². The van der Waals surface area contributed by atoms with Crippen LogP contribution in [0.1, 0.15) is 54.2 Å². The van der Waals surface area contributed by atoms with E-state index in [2.05, 4.69) is 10.3 Å². The smallest absolute Gasteiger partial charge is 0.417 e. The van der Waals surface area contributed by atoms with Crippen LogP contribution in [0.15, 0.2) is 24.4 Å². The van der Waals surface area contributed by atoms with Crippen LogP contribution in [0.25, 0.3) is 0 Å². The molecule has 1 aromatic carbocycles. The molecule has 4 atom stereocenters. The average Bonchev–Trinajstić information content (AvgIpc) is 3.09. The summed E-state index contributed by atoms with van der Waals surface area (Å²) in [6.45, 7) is 3.52. The Morgan fingerprint density at radius 1 is 1.26 bits per heavy atom. The number of primary amides is 1. The van der Waals surface area contributed by atoms with E-state index in [-0.39, 0.29) is 29.8 Å². The number of benzene rings is 1. The van der Waals surface area contributed by atoms with Crippen LogP contribution in [0.2, 0.25) is 0 Å². The molecule has 1 aliphatic carbocycles. The molecule has 2 aliphatic rings. The van der Waals surface area contributed by atoms with Crippen molar-refractivity contribution >= 4 is 17.5 Å². The Labute approximate surface area is 214 Å². The molecule has 206 valence electrons. The zero-order valence-corrected chi connectivity index (χ0v) is 20.6. The number of carbonyl (C=O) groups is 2. The zero-order valence-electron chi connectivity index (χ0n) is 20.6. The fraction of sp³-hybridized carbons (Fsp3) is 0.480. The number of aliphatic hydroxyl groups is 1. The molecule has 2 fully saturated rings. The second-order valence-corrected chi connectivity index (χ2v) is 9.84. The van der Waals surface area contributed by atoms with Gasteiger partial charge in [-0.3, -0.25) is 14.6 Å². The highest BCUT2D eigenvalue weighted by Gasteiger charge is 2.66. The number of nitrogens with zero attached hydrogens (tertiary/aromatic N) is 1. The molecule has 2 aromatic rings. The number of pyridine rings is 1. The summed E-state index contributed by atoms with van der Waals surface area (Å²) in [5.41, 5.74) is 2.46. The molecule has 4 rings (SSSR count). The Kier molecular flexibility index (Phi) is 7.12. The highest BCUT2D eigenvalue weighted by molar-refractivity contribution is 5.98.